The molecule has 0 fully saturated rings. The third-order valence-electron chi connectivity index (χ3n) is 2.22. The molecule has 2 rings (SSSR count). The van der Waals surface area contributed by atoms with Crippen LogP contribution in [-0.2, 0) is 6.54 Å². The normalized spacial score (nSPS) is 10.7. The predicted octanol–water partition coefficient (Wildman–Crippen LogP) is 0.218. The second-order valence-electron chi connectivity index (χ2n) is 3.29. The van der Waals surface area contributed by atoms with E-state index in [-0.39, 0.29) is 5.69 Å². The largest absolute Gasteiger partial charge is 0.502 e. The van der Waals surface area contributed by atoms with E-state index in [1.54, 1.807) is 19.2 Å². The lowest BCUT2D eigenvalue weighted by molar-refractivity contribution is 0.459. The standard InChI is InChI=1S/C10H9NO4/c1-11(5-6-3-2-4-15-6)7-8(12)10(14)9(7)13/h2-4,12H,5H2,1H3. The fraction of sp³-hybridized carbons (Fsp3) is 0.200. The maximum Gasteiger partial charge on any atom is 0.271 e. The summed E-state index contributed by atoms with van der Waals surface area (Å²) in [6.45, 7) is 0.339. The van der Waals surface area contributed by atoms with Gasteiger partial charge < -0.3 is 14.4 Å². The van der Waals surface area contributed by atoms with Crippen LogP contribution in [0.25, 0.3) is 0 Å². The van der Waals surface area contributed by atoms with Gasteiger partial charge in [0.15, 0.2) is 5.75 Å². The summed E-state index contributed by atoms with van der Waals surface area (Å²) >= 11 is 0. The van der Waals surface area contributed by atoms with Crippen LogP contribution in [0.5, 0.6) is 5.75 Å². The molecule has 2 aromatic rings. The van der Waals surface area contributed by atoms with Crippen LogP contribution in [0, 0.1) is 0 Å². The monoisotopic (exact) mass is 207 g/mol. The van der Waals surface area contributed by atoms with E-state index in [0.717, 1.165) is 0 Å². The molecular formula is C10H9NO4. The van der Waals surface area contributed by atoms with Gasteiger partial charge in [-0.2, -0.15) is 0 Å². The highest BCUT2D eigenvalue weighted by Gasteiger charge is 2.23. The van der Waals surface area contributed by atoms with E-state index in [9.17, 15) is 14.7 Å². The SMILES string of the molecule is CN(Cc1ccco1)c1c(O)c(=O)c1=O. The van der Waals surface area contributed by atoms with Gasteiger partial charge in [-0.1, -0.05) is 0 Å². The molecule has 0 atom stereocenters. The first-order valence-corrected chi connectivity index (χ1v) is 4.37. The Balaban J connectivity index is 2.20. The zero-order chi connectivity index (χ0) is 11.0. The van der Waals surface area contributed by atoms with E-state index in [0.29, 0.717) is 12.3 Å². The van der Waals surface area contributed by atoms with Gasteiger partial charge in [0.2, 0.25) is 0 Å². The molecule has 1 heterocycles. The van der Waals surface area contributed by atoms with Gasteiger partial charge in [0.05, 0.1) is 12.8 Å². The van der Waals surface area contributed by atoms with Crippen molar-refractivity contribution < 1.29 is 9.52 Å². The number of anilines is 1. The first kappa shape index (κ1) is 9.51. The van der Waals surface area contributed by atoms with E-state index >= 15 is 0 Å². The highest BCUT2D eigenvalue weighted by Crippen LogP contribution is 2.20. The Morgan fingerprint density at radius 1 is 1.40 bits per heavy atom. The molecule has 0 aliphatic heterocycles. The highest BCUT2D eigenvalue weighted by molar-refractivity contribution is 5.62. The fourth-order valence-electron chi connectivity index (χ4n) is 1.44. The average molecular weight is 207 g/mol. The van der Waals surface area contributed by atoms with E-state index in [4.69, 9.17) is 4.42 Å². The maximum absolute atomic E-state index is 11.1. The molecule has 1 N–H and O–H groups in total. The van der Waals surface area contributed by atoms with Crippen LogP contribution in [0.2, 0.25) is 0 Å². The molecule has 0 radical (unpaired) electrons. The zero-order valence-corrected chi connectivity index (χ0v) is 8.06. The van der Waals surface area contributed by atoms with Crippen molar-refractivity contribution in [2.45, 2.75) is 6.54 Å². The summed E-state index contributed by atoms with van der Waals surface area (Å²) in [4.78, 5) is 23.4. The van der Waals surface area contributed by atoms with Crippen LogP contribution in [0.4, 0.5) is 5.69 Å². The molecule has 0 saturated heterocycles. The summed E-state index contributed by atoms with van der Waals surface area (Å²) in [6.07, 6.45) is 1.52. The summed E-state index contributed by atoms with van der Waals surface area (Å²) in [5, 5.41) is 9.18. The van der Waals surface area contributed by atoms with Crippen molar-refractivity contribution in [2.75, 3.05) is 11.9 Å². The number of rotatable bonds is 3. The number of hydrogen-bond donors (Lipinski definition) is 1. The van der Waals surface area contributed by atoms with Crippen molar-refractivity contribution in [1.29, 1.82) is 0 Å². The van der Waals surface area contributed by atoms with Crippen molar-refractivity contribution >= 4 is 5.69 Å². The van der Waals surface area contributed by atoms with Crippen LogP contribution in [0.1, 0.15) is 5.76 Å². The van der Waals surface area contributed by atoms with Gasteiger partial charge in [-0.3, -0.25) is 9.59 Å². The van der Waals surface area contributed by atoms with Gasteiger partial charge in [-0.05, 0) is 12.1 Å². The lowest BCUT2D eigenvalue weighted by atomic mass is 10.2. The van der Waals surface area contributed by atoms with Crippen molar-refractivity contribution in [3.05, 3.63) is 44.6 Å². The zero-order valence-electron chi connectivity index (χ0n) is 8.06. The minimum absolute atomic E-state index is 0.0522. The van der Waals surface area contributed by atoms with Crippen molar-refractivity contribution in [2.24, 2.45) is 0 Å². The van der Waals surface area contributed by atoms with Crippen molar-refractivity contribution in [1.82, 2.24) is 0 Å². The van der Waals surface area contributed by atoms with Gasteiger partial charge in [0, 0.05) is 7.05 Å². The summed E-state index contributed by atoms with van der Waals surface area (Å²) in [5.41, 5.74) is -1.42. The van der Waals surface area contributed by atoms with E-state index in [1.165, 1.54) is 11.2 Å². The van der Waals surface area contributed by atoms with Crippen LogP contribution >= 0.6 is 0 Å². The minimum Gasteiger partial charge on any atom is -0.502 e. The summed E-state index contributed by atoms with van der Waals surface area (Å²) in [6, 6.07) is 3.48. The maximum atomic E-state index is 11.1. The molecule has 0 spiro atoms. The lowest BCUT2D eigenvalue weighted by Crippen LogP contribution is -2.37. The Bertz CT molecular complexity index is 534. The molecule has 0 unspecified atom stereocenters. The van der Waals surface area contributed by atoms with Crippen LogP contribution < -0.4 is 15.8 Å². The molecule has 0 amide bonds. The molecule has 0 aliphatic carbocycles. The number of nitrogens with zero attached hydrogens (tertiary/aromatic N) is 1. The van der Waals surface area contributed by atoms with Gasteiger partial charge >= 0.3 is 0 Å². The van der Waals surface area contributed by atoms with Gasteiger partial charge in [-0.25, -0.2) is 0 Å². The van der Waals surface area contributed by atoms with E-state index in [1.807, 2.05) is 0 Å². The van der Waals surface area contributed by atoms with Crippen molar-refractivity contribution in [3.63, 3.8) is 0 Å². The van der Waals surface area contributed by atoms with Gasteiger partial charge in [0.1, 0.15) is 11.4 Å². The van der Waals surface area contributed by atoms with E-state index < -0.39 is 16.6 Å². The highest BCUT2D eigenvalue weighted by atomic mass is 16.3. The Hall–Kier alpha value is -2.04. The molecule has 1 aromatic heterocycles. The van der Waals surface area contributed by atoms with Crippen LogP contribution in [0.15, 0.2) is 32.4 Å². The molecule has 1 aromatic carbocycles. The van der Waals surface area contributed by atoms with E-state index in [2.05, 4.69) is 0 Å². The lowest BCUT2D eigenvalue weighted by Gasteiger charge is -2.18. The molecule has 0 saturated carbocycles. The summed E-state index contributed by atoms with van der Waals surface area (Å²) in [7, 11) is 1.61. The molecule has 5 nitrogen and oxygen atoms in total. The molecule has 15 heavy (non-hydrogen) atoms. The number of aromatic hydroxyl groups is 1. The molecule has 0 aliphatic rings. The topological polar surface area (TPSA) is 70.8 Å². The second-order valence-corrected chi connectivity index (χ2v) is 3.29. The quantitative estimate of drug-likeness (QED) is 0.729. The Morgan fingerprint density at radius 2 is 2.13 bits per heavy atom. The minimum atomic E-state index is -0.823. The number of hydrogen-bond acceptors (Lipinski definition) is 5. The first-order chi connectivity index (χ1) is 7.11. The Labute approximate surface area is 84.9 Å². The molecule has 78 valence electrons. The molecule has 0 bridgehead atoms. The average Bonchev–Trinajstić information content (AvgIpc) is 2.70. The first-order valence-electron chi connectivity index (χ1n) is 4.37. The van der Waals surface area contributed by atoms with Crippen LogP contribution in [0.3, 0.4) is 0 Å². The third kappa shape index (κ3) is 1.41. The summed E-state index contributed by atoms with van der Waals surface area (Å²) in [5.74, 6) is 0.194. The van der Waals surface area contributed by atoms with Crippen molar-refractivity contribution in [3.8, 4) is 5.75 Å². The third-order valence-corrected chi connectivity index (χ3v) is 2.22. The molecular weight excluding hydrogens is 198 g/mol. The predicted molar refractivity (Wildman–Crippen MR) is 53.8 cm³/mol. The second kappa shape index (κ2) is 3.27. The van der Waals surface area contributed by atoms with Gasteiger partial charge in [0.25, 0.3) is 10.9 Å². The summed E-state index contributed by atoms with van der Waals surface area (Å²) < 4.78 is 5.08. The Kier molecular flexibility index (Phi) is 2.07. The van der Waals surface area contributed by atoms with Crippen LogP contribution in [-0.4, -0.2) is 12.2 Å². The molecule has 5 heteroatoms. The number of furan rings is 1. The Morgan fingerprint density at radius 3 is 2.67 bits per heavy atom. The fourth-order valence-corrected chi connectivity index (χ4v) is 1.44. The van der Waals surface area contributed by atoms with Gasteiger partial charge in [-0.15, -0.1) is 0 Å². The smallest absolute Gasteiger partial charge is 0.271 e.